The second-order valence-electron chi connectivity index (χ2n) is 7.29. The van der Waals surface area contributed by atoms with Crippen LogP contribution in [-0.4, -0.2) is 70.6 Å². The fourth-order valence-corrected chi connectivity index (χ4v) is 3.98. The molecule has 0 radical (unpaired) electrons. The largest absolute Gasteiger partial charge is 0.450 e. The normalized spacial score (nSPS) is 18.6. The van der Waals surface area contributed by atoms with E-state index in [4.69, 9.17) is 4.74 Å². The van der Waals surface area contributed by atoms with Crippen LogP contribution in [-0.2, 0) is 11.2 Å². The Bertz CT molecular complexity index is 911. The summed E-state index contributed by atoms with van der Waals surface area (Å²) in [5, 5.41) is 0. The van der Waals surface area contributed by atoms with Gasteiger partial charge in [0, 0.05) is 44.0 Å². The van der Waals surface area contributed by atoms with E-state index in [1.807, 2.05) is 12.1 Å². The van der Waals surface area contributed by atoms with E-state index in [-0.39, 0.29) is 18.0 Å². The van der Waals surface area contributed by atoms with Gasteiger partial charge in [0.2, 0.25) is 0 Å². The van der Waals surface area contributed by atoms with Crippen LogP contribution < -0.4 is 4.90 Å². The highest BCUT2D eigenvalue weighted by molar-refractivity contribution is 5.93. The third-order valence-corrected chi connectivity index (χ3v) is 5.42. The highest BCUT2D eigenvalue weighted by Gasteiger charge is 2.30. The molecule has 1 fully saturated rings. The van der Waals surface area contributed by atoms with Gasteiger partial charge in [-0.3, -0.25) is 4.79 Å². The minimum Gasteiger partial charge on any atom is -0.450 e. The molecule has 0 N–H and O–H groups in total. The van der Waals surface area contributed by atoms with Gasteiger partial charge in [0.15, 0.2) is 0 Å². The molecule has 1 aromatic heterocycles. The first-order chi connectivity index (χ1) is 14.1. The zero-order valence-corrected chi connectivity index (χ0v) is 16.7. The Labute approximate surface area is 170 Å². The molecule has 8 nitrogen and oxygen atoms in total. The van der Waals surface area contributed by atoms with Crippen LogP contribution in [0.25, 0.3) is 0 Å². The van der Waals surface area contributed by atoms with Crippen molar-refractivity contribution in [2.24, 2.45) is 0 Å². The molecule has 0 aliphatic carbocycles. The van der Waals surface area contributed by atoms with Crippen molar-refractivity contribution in [3.63, 3.8) is 0 Å². The number of anilines is 2. The van der Waals surface area contributed by atoms with Crippen LogP contribution in [0.1, 0.15) is 29.9 Å². The molecule has 1 unspecified atom stereocenters. The van der Waals surface area contributed by atoms with Crippen molar-refractivity contribution in [1.82, 2.24) is 19.8 Å². The fraction of sp³-hybridized carbons (Fsp3) is 0.429. The number of amides is 2. The molecule has 1 saturated heterocycles. The van der Waals surface area contributed by atoms with Crippen LogP contribution in [0.3, 0.4) is 0 Å². The first-order valence-corrected chi connectivity index (χ1v) is 9.98. The standard InChI is InChI=1S/C21H25N5O3/c1-3-29-21(28)25-10-8-24(9-11-25)20(27)17-13-19(23-14-22-17)26-15(2)12-16-6-4-5-7-18(16)26/h4-7,13-15H,3,8-12H2,1-2H3. The van der Waals surface area contributed by atoms with E-state index in [2.05, 4.69) is 33.9 Å². The van der Waals surface area contributed by atoms with Crippen molar-refractivity contribution < 1.29 is 14.3 Å². The van der Waals surface area contributed by atoms with Crippen molar-refractivity contribution in [2.45, 2.75) is 26.3 Å². The summed E-state index contributed by atoms with van der Waals surface area (Å²) < 4.78 is 5.03. The minimum atomic E-state index is -0.328. The van der Waals surface area contributed by atoms with Crippen molar-refractivity contribution in [1.29, 1.82) is 0 Å². The number of ether oxygens (including phenoxy) is 1. The van der Waals surface area contributed by atoms with Gasteiger partial charge in [0.25, 0.3) is 5.91 Å². The van der Waals surface area contributed by atoms with Gasteiger partial charge in [-0.2, -0.15) is 0 Å². The summed E-state index contributed by atoms with van der Waals surface area (Å²) in [4.78, 5) is 39.0. The molecule has 4 rings (SSSR count). The Morgan fingerprint density at radius 1 is 1.10 bits per heavy atom. The van der Waals surface area contributed by atoms with Gasteiger partial charge < -0.3 is 19.4 Å². The number of fused-ring (bicyclic) bond motifs is 1. The van der Waals surface area contributed by atoms with Crippen molar-refractivity contribution in [3.8, 4) is 0 Å². The molecule has 29 heavy (non-hydrogen) atoms. The van der Waals surface area contributed by atoms with Crippen LogP contribution in [0.4, 0.5) is 16.3 Å². The number of aromatic nitrogens is 2. The Kier molecular flexibility index (Phi) is 5.33. The van der Waals surface area contributed by atoms with Crippen LogP contribution in [0.15, 0.2) is 36.7 Å². The minimum absolute atomic E-state index is 0.141. The zero-order chi connectivity index (χ0) is 20.4. The molecular formula is C21H25N5O3. The van der Waals surface area contributed by atoms with Gasteiger partial charge in [-0.15, -0.1) is 0 Å². The molecule has 2 aliphatic rings. The second-order valence-corrected chi connectivity index (χ2v) is 7.29. The number of hydrogen-bond acceptors (Lipinski definition) is 6. The van der Waals surface area contributed by atoms with E-state index in [9.17, 15) is 9.59 Å². The molecule has 2 aromatic rings. The summed E-state index contributed by atoms with van der Waals surface area (Å²) in [6, 6.07) is 10.3. The highest BCUT2D eigenvalue weighted by atomic mass is 16.6. The zero-order valence-electron chi connectivity index (χ0n) is 16.7. The van der Waals surface area contributed by atoms with E-state index < -0.39 is 0 Å². The number of nitrogens with zero attached hydrogens (tertiary/aromatic N) is 5. The third kappa shape index (κ3) is 3.74. The number of rotatable bonds is 3. The molecule has 2 amide bonds. The molecule has 3 heterocycles. The maximum Gasteiger partial charge on any atom is 0.409 e. The maximum atomic E-state index is 13.0. The number of carbonyl (C=O) groups is 2. The number of para-hydroxylation sites is 1. The van der Waals surface area contributed by atoms with Gasteiger partial charge in [0.05, 0.1) is 6.61 Å². The number of piperazine rings is 1. The molecule has 2 aliphatic heterocycles. The van der Waals surface area contributed by atoms with E-state index in [1.54, 1.807) is 22.8 Å². The van der Waals surface area contributed by atoms with E-state index in [0.717, 1.165) is 17.9 Å². The molecular weight excluding hydrogens is 370 g/mol. The van der Waals surface area contributed by atoms with E-state index in [0.29, 0.717) is 38.5 Å². The predicted octanol–water partition coefficient (Wildman–Crippen LogP) is 2.47. The lowest BCUT2D eigenvalue weighted by atomic mass is 10.1. The summed E-state index contributed by atoms with van der Waals surface area (Å²) in [6.07, 6.45) is 2.07. The molecule has 0 bridgehead atoms. The Morgan fingerprint density at radius 2 is 1.83 bits per heavy atom. The average molecular weight is 395 g/mol. The molecule has 1 aromatic carbocycles. The molecule has 0 saturated carbocycles. The van der Waals surface area contributed by atoms with Gasteiger partial charge in [0.1, 0.15) is 17.8 Å². The van der Waals surface area contributed by atoms with Crippen LogP contribution in [0, 0.1) is 0 Å². The van der Waals surface area contributed by atoms with Crippen molar-refractivity contribution >= 4 is 23.5 Å². The second kappa shape index (κ2) is 8.06. The Balaban J connectivity index is 1.48. The first-order valence-electron chi connectivity index (χ1n) is 9.98. The summed E-state index contributed by atoms with van der Waals surface area (Å²) in [5.41, 5.74) is 2.78. The van der Waals surface area contributed by atoms with Gasteiger partial charge >= 0.3 is 6.09 Å². The smallest absolute Gasteiger partial charge is 0.409 e. The lowest BCUT2D eigenvalue weighted by Crippen LogP contribution is -2.50. The third-order valence-electron chi connectivity index (χ3n) is 5.42. The Hall–Kier alpha value is -3.16. The van der Waals surface area contributed by atoms with Gasteiger partial charge in [-0.05, 0) is 31.9 Å². The van der Waals surface area contributed by atoms with Gasteiger partial charge in [-0.1, -0.05) is 18.2 Å². The fourth-order valence-electron chi connectivity index (χ4n) is 3.98. The number of benzene rings is 1. The quantitative estimate of drug-likeness (QED) is 0.794. The summed E-state index contributed by atoms with van der Waals surface area (Å²) >= 11 is 0. The molecule has 1 atom stereocenters. The van der Waals surface area contributed by atoms with Gasteiger partial charge in [-0.25, -0.2) is 14.8 Å². The highest BCUT2D eigenvalue weighted by Crippen LogP contribution is 2.37. The van der Waals surface area contributed by atoms with E-state index >= 15 is 0 Å². The summed E-state index contributed by atoms with van der Waals surface area (Å²) in [5.74, 6) is 0.586. The SMILES string of the molecule is CCOC(=O)N1CCN(C(=O)c2cc(N3c4ccccc4CC3C)ncn2)CC1. The monoisotopic (exact) mass is 395 g/mol. The summed E-state index contributed by atoms with van der Waals surface area (Å²) in [6.45, 7) is 6.11. The van der Waals surface area contributed by atoms with Crippen molar-refractivity contribution in [3.05, 3.63) is 47.9 Å². The molecule has 0 spiro atoms. The van der Waals surface area contributed by atoms with Crippen LogP contribution in [0.2, 0.25) is 0 Å². The average Bonchev–Trinajstić information content (AvgIpc) is 3.09. The lowest BCUT2D eigenvalue weighted by molar-refractivity contribution is 0.0566. The van der Waals surface area contributed by atoms with Crippen LogP contribution in [0.5, 0.6) is 0 Å². The topological polar surface area (TPSA) is 78.9 Å². The maximum absolute atomic E-state index is 13.0. The Morgan fingerprint density at radius 3 is 2.59 bits per heavy atom. The number of carbonyl (C=O) groups excluding carboxylic acids is 2. The molecule has 8 heteroatoms. The molecule has 152 valence electrons. The lowest BCUT2D eigenvalue weighted by Gasteiger charge is -2.34. The predicted molar refractivity (Wildman–Crippen MR) is 108 cm³/mol. The van der Waals surface area contributed by atoms with Crippen LogP contribution >= 0.6 is 0 Å². The summed E-state index contributed by atoms with van der Waals surface area (Å²) in [7, 11) is 0. The van der Waals surface area contributed by atoms with E-state index in [1.165, 1.54) is 11.9 Å². The van der Waals surface area contributed by atoms with Crippen molar-refractivity contribution in [2.75, 3.05) is 37.7 Å². The number of hydrogen-bond donors (Lipinski definition) is 0. The first kappa shape index (κ1) is 19.2.